The van der Waals surface area contributed by atoms with Gasteiger partial charge in [-0.3, -0.25) is 14.8 Å². The maximum atomic E-state index is 13.5. The standard InChI is InChI=1S/C18H22FN5O/c1-13-5-6-14(10-16(13)19)11-24-18(20-2)23-9-8-22-17(25)15-4-3-7-21-12-15/h3-7,10,12H,8-9,11H2,1-2H3,(H,22,25)(H2,20,23,24). The Morgan fingerprint density at radius 1 is 1.20 bits per heavy atom. The van der Waals surface area contributed by atoms with Crippen LogP contribution in [0.3, 0.4) is 0 Å². The highest BCUT2D eigenvalue weighted by Crippen LogP contribution is 2.08. The van der Waals surface area contributed by atoms with Gasteiger partial charge in [-0.25, -0.2) is 4.39 Å². The summed E-state index contributed by atoms with van der Waals surface area (Å²) < 4.78 is 13.5. The minimum atomic E-state index is -0.222. The van der Waals surface area contributed by atoms with Gasteiger partial charge in [-0.15, -0.1) is 0 Å². The largest absolute Gasteiger partial charge is 0.355 e. The maximum Gasteiger partial charge on any atom is 0.252 e. The molecule has 2 rings (SSSR count). The number of carbonyl (C=O) groups excluding carboxylic acids is 1. The first kappa shape index (κ1) is 18.4. The van der Waals surface area contributed by atoms with E-state index in [0.717, 1.165) is 5.56 Å². The SMILES string of the molecule is CN=C(NCCNC(=O)c1cccnc1)NCc1ccc(C)c(F)c1. The lowest BCUT2D eigenvalue weighted by Gasteiger charge is -2.12. The second kappa shape index (κ2) is 9.36. The van der Waals surface area contributed by atoms with Crippen molar-refractivity contribution >= 4 is 11.9 Å². The van der Waals surface area contributed by atoms with Crippen molar-refractivity contribution in [3.05, 3.63) is 65.2 Å². The molecule has 0 radical (unpaired) electrons. The van der Waals surface area contributed by atoms with Crippen LogP contribution in [0.2, 0.25) is 0 Å². The Bertz CT molecular complexity index is 734. The molecule has 6 nitrogen and oxygen atoms in total. The fourth-order valence-electron chi connectivity index (χ4n) is 2.11. The smallest absolute Gasteiger partial charge is 0.252 e. The van der Waals surface area contributed by atoms with Crippen LogP contribution in [-0.4, -0.2) is 37.0 Å². The average Bonchev–Trinajstić information content (AvgIpc) is 2.64. The lowest BCUT2D eigenvalue weighted by molar-refractivity contribution is 0.0954. The summed E-state index contributed by atoms with van der Waals surface area (Å²) in [5.41, 5.74) is 1.97. The molecular formula is C18H22FN5O. The number of carbonyl (C=O) groups is 1. The first-order valence-electron chi connectivity index (χ1n) is 7.98. The Hall–Kier alpha value is -2.96. The Kier molecular flexibility index (Phi) is 6.88. The molecule has 0 fully saturated rings. The highest BCUT2D eigenvalue weighted by atomic mass is 19.1. The van der Waals surface area contributed by atoms with Crippen molar-refractivity contribution in [1.29, 1.82) is 0 Å². The molecule has 0 aliphatic carbocycles. The first-order chi connectivity index (χ1) is 12.1. The molecule has 132 valence electrons. The van der Waals surface area contributed by atoms with Crippen molar-refractivity contribution in [2.75, 3.05) is 20.1 Å². The number of hydrogen-bond donors (Lipinski definition) is 3. The number of nitrogens with zero attached hydrogens (tertiary/aromatic N) is 2. The number of aryl methyl sites for hydroxylation is 1. The molecule has 0 aliphatic rings. The van der Waals surface area contributed by atoms with Gasteiger partial charge in [0.15, 0.2) is 5.96 Å². The molecule has 0 spiro atoms. The summed E-state index contributed by atoms with van der Waals surface area (Å²) in [7, 11) is 1.65. The number of guanidine groups is 1. The minimum Gasteiger partial charge on any atom is -0.355 e. The number of pyridine rings is 1. The van der Waals surface area contributed by atoms with E-state index in [0.29, 0.717) is 36.7 Å². The lowest BCUT2D eigenvalue weighted by Crippen LogP contribution is -2.41. The number of halogens is 1. The summed E-state index contributed by atoms with van der Waals surface area (Å²) in [6, 6.07) is 8.54. The molecule has 3 N–H and O–H groups in total. The number of amides is 1. The van der Waals surface area contributed by atoms with Gasteiger partial charge in [0.25, 0.3) is 5.91 Å². The molecule has 1 amide bonds. The van der Waals surface area contributed by atoms with E-state index in [1.54, 1.807) is 38.4 Å². The maximum absolute atomic E-state index is 13.5. The van der Waals surface area contributed by atoms with Gasteiger partial charge in [0.2, 0.25) is 0 Å². The molecule has 1 heterocycles. The van der Waals surface area contributed by atoms with Crippen LogP contribution >= 0.6 is 0 Å². The Balaban J connectivity index is 1.71. The van der Waals surface area contributed by atoms with Crippen molar-refractivity contribution < 1.29 is 9.18 Å². The summed E-state index contributed by atoms with van der Waals surface area (Å²) in [5, 5.41) is 8.98. The molecular weight excluding hydrogens is 321 g/mol. The van der Waals surface area contributed by atoms with Crippen LogP contribution in [0, 0.1) is 12.7 Å². The third-order valence-corrected chi connectivity index (χ3v) is 3.55. The summed E-state index contributed by atoms with van der Waals surface area (Å²) in [4.78, 5) is 19.9. The molecule has 1 aromatic heterocycles. The summed E-state index contributed by atoms with van der Waals surface area (Å²) in [6.07, 6.45) is 3.14. The molecule has 0 atom stereocenters. The van der Waals surface area contributed by atoms with E-state index in [4.69, 9.17) is 0 Å². The average molecular weight is 343 g/mol. The molecule has 7 heteroatoms. The van der Waals surface area contributed by atoms with Crippen molar-refractivity contribution in [2.24, 2.45) is 4.99 Å². The van der Waals surface area contributed by atoms with Gasteiger partial charge in [-0.2, -0.15) is 0 Å². The van der Waals surface area contributed by atoms with E-state index in [2.05, 4.69) is 25.9 Å². The molecule has 2 aromatic rings. The van der Waals surface area contributed by atoms with E-state index < -0.39 is 0 Å². The second-order valence-electron chi connectivity index (χ2n) is 5.43. The van der Waals surface area contributed by atoms with Crippen LogP contribution in [0.4, 0.5) is 4.39 Å². The molecule has 0 aliphatic heterocycles. The zero-order valence-corrected chi connectivity index (χ0v) is 14.3. The van der Waals surface area contributed by atoms with Crippen molar-refractivity contribution in [3.8, 4) is 0 Å². The quantitative estimate of drug-likeness (QED) is 0.423. The highest BCUT2D eigenvalue weighted by molar-refractivity contribution is 5.93. The normalized spacial score (nSPS) is 11.1. The van der Waals surface area contributed by atoms with E-state index >= 15 is 0 Å². The fourth-order valence-corrected chi connectivity index (χ4v) is 2.11. The summed E-state index contributed by atoms with van der Waals surface area (Å²) >= 11 is 0. The van der Waals surface area contributed by atoms with Crippen molar-refractivity contribution in [1.82, 2.24) is 20.9 Å². The van der Waals surface area contributed by atoms with E-state index in [1.165, 1.54) is 12.3 Å². The van der Waals surface area contributed by atoms with Crippen LogP contribution in [0.25, 0.3) is 0 Å². The van der Waals surface area contributed by atoms with E-state index in [9.17, 15) is 9.18 Å². The van der Waals surface area contributed by atoms with Crippen LogP contribution in [0.5, 0.6) is 0 Å². The number of rotatable bonds is 6. The van der Waals surface area contributed by atoms with Gasteiger partial charge in [-0.1, -0.05) is 12.1 Å². The Labute approximate surface area is 146 Å². The predicted octanol–water partition coefficient (Wildman–Crippen LogP) is 1.62. The molecule has 0 unspecified atom stereocenters. The van der Waals surface area contributed by atoms with Crippen LogP contribution in [-0.2, 0) is 6.54 Å². The first-order valence-corrected chi connectivity index (χ1v) is 7.98. The lowest BCUT2D eigenvalue weighted by atomic mass is 10.1. The van der Waals surface area contributed by atoms with Gasteiger partial charge >= 0.3 is 0 Å². The van der Waals surface area contributed by atoms with Crippen molar-refractivity contribution in [3.63, 3.8) is 0 Å². The number of aromatic nitrogens is 1. The van der Waals surface area contributed by atoms with Gasteiger partial charge in [0.05, 0.1) is 5.56 Å². The van der Waals surface area contributed by atoms with Crippen LogP contribution in [0.15, 0.2) is 47.7 Å². The molecule has 25 heavy (non-hydrogen) atoms. The molecule has 0 saturated heterocycles. The summed E-state index contributed by atoms with van der Waals surface area (Å²) in [6.45, 7) is 3.13. The Morgan fingerprint density at radius 3 is 2.68 bits per heavy atom. The molecule has 0 bridgehead atoms. The van der Waals surface area contributed by atoms with Crippen LogP contribution in [0.1, 0.15) is 21.5 Å². The fraction of sp³-hybridized carbons (Fsp3) is 0.278. The topological polar surface area (TPSA) is 78.4 Å². The van der Waals surface area contributed by atoms with Gasteiger partial charge in [0.1, 0.15) is 5.82 Å². The monoisotopic (exact) mass is 343 g/mol. The van der Waals surface area contributed by atoms with Gasteiger partial charge < -0.3 is 16.0 Å². The van der Waals surface area contributed by atoms with Gasteiger partial charge in [-0.05, 0) is 36.2 Å². The third-order valence-electron chi connectivity index (χ3n) is 3.55. The highest BCUT2D eigenvalue weighted by Gasteiger charge is 2.04. The van der Waals surface area contributed by atoms with Crippen molar-refractivity contribution in [2.45, 2.75) is 13.5 Å². The zero-order chi connectivity index (χ0) is 18.1. The summed E-state index contributed by atoms with van der Waals surface area (Å²) in [5.74, 6) is 0.185. The Morgan fingerprint density at radius 2 is 2.00 bits per heavy atom. The number of nitrogens with one attached hydrogen (secondary N) is 3. The minimum absolute atomic E-state index is 0.173. The van der Waals surface area contributed by atoms with E-state index in [-0.39, 0.29) is 11.7 Å². The second-order valence-corrected chi connectivity index (χ2v) is 5.43. The molecule has 1 aromatic carbocycles. The predicted molar refractivity (Wildman–Crippen MR) is 95.9 cm³/mol. The number of aliphatic imine (C=N–C) groups is 1. The number of benzene rings is 1. The van der Waals surface area contributed by atoms with E-state index in [1.807, 2.05) is 6.07 Å². The third kappa shape index (κ3) is 5.87. The zero-order valence-electron chi connectivity index (χ0n) is 14.3. The number of hydrogen-bond acceptors (Lipinski definition) is 3. The molecule has 0 saturated carbocycles. The van der Waals surface area contributed by atoms with Gasteiger partial charge in [0, 0.05) is 39.1 Å². The van der Waals surface area contributed by atoms with Crippen LogP contribution < -0.4 is 16.0 Å².